The molecule has 1 aliphatic heterocycles. The highest BCUT2D eigenvalue weighted by Crippen LogP contribution is 2.44. The Hall–Kier alpha value is -1.18. The number of hydrogen-bond donors (Lipinski definition) is 1. The van der Waals surface area contributed by atoms with Gasteiger partial charge in [-0.25, -0.2) is 0 Å². The molecular weight excluding hydrogens is 268 g/mol. The predicted molar refractivity (Wildman–Crippen MR) is 56.9 cm³/mol. The van der Waals surface area contributed by atoms with Gasteiger partial charge >= 0.3 is 11.8 Å². The molecule has 3 nitrogen and oxygen atoms in total. The van der Waals surface area contributed by atoms with Gasteiger partial charge in [0, 0.05) is 0 Å². The first-order chi connectivity index (χ1) is 8.85. The first-order valence-electron chi connectivity index (χ1n) is 5.56. The fourth-order valence-electron chi connectivity index (χ4n) is 1.69. The fourth-order valence-corrected chi connectivity index (χ4v) is 1.69. The van der Waals surface area contributed by atoms with Gasteiger partial charge in [0.1, 0.15) is 0 Å². The first kappa shape index (κ1) is 14.2. The molecule has 2 atom stereocenters. The van der Waals surface area contributed by atoms with Crippen molar-refractivity contribution in [1.82, 2.24) is 0 Å². The van der Waals surface area contributed by atoms with Crippen LogP contribution < -0.4 is 0 Å². The molecule has 1 aliphatic rings. The van der Waals surface area contributed by atoms with E-state index in [0.29, 0.717) is 5.56 Å². The van der Waals surface area contributed by atoms with E-state index in [-0.39, 0.29) is 6.61 Å². The molecule has 0 unspecified atom stereocenters. The minimum Gasteiger partial charge on any atom is -0.365 e. The van der Waals surface area contributed by atoms with Crippen LogP contribution in [-0.2, 0) is 16.1 Å². The molecule has 0 spiro atoms. The molecule has 0 radical (unpaired) electrons. The highest BCUT2D eigenvalue weighted by atomic mass is 19.3. The Bertz CT molecular complexity index is 424. The lowest BCUT2D eigenvalue weighted by atomic mass is 10.0. The first-order valence-corrected chi connectivity index (χ1v) is 5.56. The van der Waals surface area contributed by atoms with E-state index in [1.807, 2.05) is 0 Å². The Balaban J connectivity index is 2.05. The molecule has 0 bridgehead atoms. The second kappa shape index (κ2) is 5.07. The summed E-state index contributed by atoms with van der Waals surface area (Å²) in [5.41, 5.74) is 0.577. The maximum Gasteiger partial charge on any atom is 0.362 e. The smallest absolute Gasteiger partial charge is 0.362 e. The Kier molecular flexibility index (Phi) is 3.80. The zero-order valence-corrected chi connectivity index (χ0v) is 9.73. The van der Waals surface area contributed by atoms with Crippen molar-refractivity contribution in [3.63, 3.8) is 0 Å². The summed E-state index contributed by atoms with van der Waals surface area (Å²) in [7, 11) is 0. The molecule has 0 aliphatic carbocycles. The molecule has 19 heavy (non-hydrogen) atoms. The second-order valence-electron chi connectivity index (χ2n) is 4.22. The van der Waals surface area contributed by atoms with E-state index in [1.165, 1.54) is 0 Å². The van der Waals surface area contributed by atoms with Crippen molar-refractivity contribution in [2.45, 2.75) is 30.8 Å². The molecule has 2 rings (SSSR count). The van der Waals surface area contributed by atoms with Crippen LogP contribution in [-0.4, -0.2) is 36.0 Å². The summed E-state index contributed by atoms with van der Waals surface area (Å²) in [5.74, 6) is -9.16. The summed E-state index contributed by atoms with van der Waals surface area (Å²) in [6, 6.07) is 8.31. The summed E-state index contributed by atoms with van der Waals surface area (Å²) in [6.07, 6.45) is -4.93. The van der Waals surface area contributed by atoms with Gasteiger partial charge in [0.2, 0.25) is 6.29 Å². The summed E-state index contributed by atoms with van der Waals surface area (Å²) in [4.78, 5) is 0. The zero-order valence-electron chi connectivity index (χ0n) is 9.73. The van der Waals surface area contributed by atoms with Crippen molar-refractivity contribution >= 4 is 0 Å². The predicted octanol–water partition coefficient (Wildman–Crippen LogP) is 2.19. The summed E-state index contributed by atoms with van der Waals surface area (Å²) >= 11 is 0. The van der Waals surface area contributed by atoms with E-state index in [9.17, 15) is 17.6 Å². The second-order valence-corrected chi connectivity index (χ2v) is 4.22. The lowest BCUT2D eigenvalue weighted by molar-refractivity contribution is -0.381. The van der Waals surface area contributed by atoms with Crippen molar-refractivity contribution in [2.24, 2.45) is 0 Å². The molecular formula is C12H12F4O3. The lowest BCUT2D eigenvalue weighted by Crippen LogP contribution is -2.63. The van der Waals surface area contributed by atoms with Crippen molar-refractivity contribution in [2.75, 3.05) is 6.61 Å². The topological polar surface area (TPSA) is 38.7 Å². The monoisotopic (exact) mass is 280 g/mol. The largest absolute Gasteiger partial charge is 0.365 e. The maximum atomic E-state index is 13.5. The van der Waals surface area contributed by atoms with E-state index >= 15 is 0 Å². The minimum atomic E-state index is -4.67. The van der Waals surface area contributed by atoms with Gasteiger partial charge in [0.25, 0.3) is 0 Å². The van der Waals surface area contributed by atoms with Crippen molar-refractivity contribution in [3.8, 4) is 0 Å². The van der Waals surface area contributed by atoms with Gasteiger partial charge in [-0.15, -0.1) is 0 Å². The van der Waals surface area contributed by atoms with Crippen LogP contribution in [0.1, 0.15) is 5.56 Å². The SMILES string of the molecule is O[C@@H]1OC[C@@H](OCc2ccccc2)C(F)(F)C1(F)F. The Morgan fingerprint density at radius 3 is 2.42 bits per heavy atom. The van der Waals surface area contributed by atoms with E-state index in [1.54, 1.807) is 30.3 Å². The summed E-state index contributed by atoms with van der Waals surface area (Å²) in [6.45, 7) is -1.03. The van der Waals surface area contributed by atoms with Crippen LogP contribution >= 0.6 is 0 Å². The molecule has 1 N–H and O–H groups in total. The number of hydrogen-bond acceptors (Lipinski definition) is 3. The van der Waals surface area contributed by atoms with Gasteiger partial charge in [0.05, 0.1) is 13.2 Å². The number of aliphatic hydroxyl groups is 1. The van der Waals surface area contributed by atoms with Crippen molar-refractivity contribution in [1.29, 1.82) is 0 Å². The third-order valence-electron chi connectivity index (χ3n) is 2.86. The zero-order chi connectivity index (χ0) is 14.1. The van der Waals surface area contributed by atoms with E-state index in [4.69, 9.17) is 9.84 Å². The highest BCUT2D eigenvalue weighted by Gasteiger charge is 2.69. The maximum absolute atomic E-state index is 13.5. The molecule has 0 amide bonds. The molecule has 1 fully saturated rings. The molecule has 1 aromatic rings. The van der Waals surface area contributed by atoms with Crippen LogP contribution in [0.2, 0.25) is 0 Å². The third kappa shape index (κ3) is 2.58. The van der Waals surface area contributed by atoms with Crippen molar-refractivity contribution < 1.29 is 32.1 Å². The quantitative estimate of drug-likeness (QED) is 0.863. The Morgan fingerprint density at radius 2 is 1.79 bits per heavy atom. The molecule has 1 saturated heterocycles. The van der Waals surface area contributed by atoms with Crippen molar-refractivity contribution in [3.05, 3.63) is 35.9 Å². The summed E-state index contributed by atoms with van der Waals surface area (Å²) < 4.78 is 62.3. The van der Waals surface area contributed by atoms with Crippen LogP contribution in [0.3, 0.4) is 0 Å². The van der Waals surface area contributed by atoms with Gasteiger partial charge in [-0.3, -0.25) is 0 Å². The van der Waals surface area contributed by atoms with Gasteiger partial charge in [0.15, 0.2) is 6.10 Å². The van der Waals surface area contributed by atoms with Gasteiger partial charge in [-0.1, -0.05) is 30.3 Å². The highest BCUT2D eigenvalue weighted by molar-refractivity contribution is 5.13. The molecule has 0 aromatic heterocycles. The lowest BCUT2D eigenvalue weighted by Gasteiger charge is -2.39. The third-order valence-corrected chi connectivity index (χ3v) is 2.86. The van der Waals surface area contributed by atoms with E-state index < -0.39 is 30.8 Å². The summed E-state index contributed by atoms with van der Waals surface area (Å²) in [5, 5.41) is 8.77. The van der Waals surface area contributed by atoms with Crippen LogP contribution in [0.15, 0.2) is 30.3 Å². The fraction of sp³-hybridized carbons (Fsp3) is 0.500. The number of alkyl halides is 4. The van der Waals surface area contributed by atoms with Gasteiger partial charge in [-0.2, -0.15) is 17.6 Å². The Labute approximate surface area is 106 Å². The van der Waals surface area contributed by atoms with Crippen LogP contribution in [0.25, 0.3) is 0 Å². The number of aliphatic hydroxyl groups excluding tert-OH is 1. The van der Waals surface area contributed by atoms with E-state index in [2.05, 4.69) is 4.74 Å². The van der Waals surface area contributed by atoms with E-state index in [0.717, 1.165) is 0 Å². The number of halogens is 4. The molecule has 1 aromatic carbocycles. The van der Waals surface area contributed by atoms with Gasteiger partial charge < -0.3 is 14.6 Å². The minimum absolute atomic E-state index is 0.239. The molecule has 0 saturated carbocycles. The molecule has 106 valence electrons. The average molecular weight is 280 g/mol. The van der Waals surface area contributed by atoms with Crippen LogP contribution in [0.4, 0.5) is 17.6 Å². The Morgan fingerprint density at radius 1 is 1.16 bits per heavy atom. The number of ether oxygens (including phenoxy) is 2. The molecule has 1 heterocycles. The normalized spacial score (nSPS) is 29.1. The average Bonchev–Trinajstić information content (AvgIpc) is 2.37. The number of rotatable bonds is 3. The standard InChI is InChI=1S/C12H12F4O3/c13-11(14)9(7-19-10(17)12(11,15)16)18-6-8-4-2-1-3-5-8/h1-5,9-10,17H,6-7H2/t9-,10-/m1/s1. The molecule has 7 heteroatoms. The van der Waals surface area contributed by atoms with Crippen LogP contribution in [0.5, 0.6) is 0 Å². The van der Waals surface area contributed by atoms with Crippen LogP contribution in [0, 0.1) is 0 Å². The number of benzene rings is 1. The van der Waals surface area contributed by atoms with Gasteiger partial charge in [-0.05, 0) is 5.56 Å².